The number of nitrogens with zero attached hydrogens (tertiary/aromatic N) is 3. The van der Waals surface area contributed by atoms with Gasteiger partial charge in [0.1, 0.15) is 11.3 Å². The van der Waals surface area contributed by atoms with Crippen LogP contribution in [0.1, 0.15) is 48.7 Å². The van der Waals surface area contributed by atoms with E-state index in [1.54, 1.807) is 43.3 Å². The van der Waals surface area contributed by atoms with E-state index in [9.17, 15) is 4.79 Å². The third kappa shape index (κ3) is 4.32. The molecule has 1 amide bonds. The number of hydrogen-bond acceptors (Lipinski definition) is 7. The fraction of sp³-hybridized carbons (Fsp3) is 0.273. The lowest BCUT2D eigenvalue weighted by Gasteiger charge is -2.11. The second-order valence-electron chi connectivity index (χ2n) is 7.95. The number of carbonyl (C=O) groups excluding carboxylic acids is 1. The number of carbonyl (C=O) groups is 1. The summed E-state index contributed by atoms with van der Waals surface area (Å²) in [6.45, 7) is 8.02. The molecule has 154 valence electrons. The average Bonchev–Trinajstić information content (AvgIpc) is 3.32. The Bertz CT molecular complexity index is 1190. The van der Waals surface area contributed by atoms with E-state index in [1.165, 1.54) is 0 Å². The number of nitrogens with one attached hydrogen (secondary N) is 1. The molecule has 0 fully saturated rings. The van der Waals surface area contributed by atoms with Crippen molar-refractivity contribution >= 4 is 22.7 Å². The van der Waals surface area contributed by atoms with Crippen LogP contribution in [0.2, 0.25) is 0 Å². The van der Waals surface area contributed by atoms with Crippen LogP contribution in [0.5, 0.6) is 5.75 Å². The number of aromatic nitrogens is 3. The van der Waals surface area contributed by atoms with Crippen LogP contribution in [0.3, 0.4) is 0 Å². The van der Waals surface area contributed by atoms with Crippen LogP contribution in [0, 0.1) is 6.92 Å². The number of fused-ring (bicyclic) bond motifs is 1. The minimum Gasteiger partial charge on any atom is -0.485 e. The Balaban J connectivity index is 1.41. The van der Waals surface area contributed by atoms with Crippen LogP contribution in [-0.4, -0.2) is 21.0 Å². The second-order valence-corrected chi connectivity index (χ2v) is 7.95. The van der Waals surface area contributed by atoms with E-state index in [0.717, 1.165) is 0 Å². The first-order chi connectivity index (χ1) is 14.3. The van der Waals surface area contributed by atoms with Gasteiger partial charge in [-0.1, -0.05) is 25.9 Å². The fourth-order valence-electron chi connectivity index (χ4n) is 2.78. The highest BCUT2D eigenvalue weighted by Gasteiger charge is 2.21. The highest BCUT2D eigenvalue weighted by atomic mass is 16.5. The molecule has 0 unspecified atom stereocenters. The van der Waals surface area contributed by atoms with Gasteiger partial charge in [0.25, 0.3) is 5.91 Å². The van der Waals surface area contributed by atoms with E-state index in [1.807, 2.05) is 26.8 Å². The number of anilines is 1. The van der Waals surface area contributed by atoms with E-state index < -0.39 is 0 Å². The highest BCUT2D eigenvalue weighted by molar-refractivity contribution is 6.04. The van der Waals surface area contributed by atoms with E-state index in [-0.39, 0.29) is 17.9 Å². The van der Waals surface area contributed by atoms with E-state index in [0.29, 0.717) is 45.7 Å². The molecule has 30 heavy (non-hydrogen) atoms. The first kappa shape index (κ1) is 19.6. The van der Waals surface area contributed by atoms with Crippen LogP contribution in [0.4, 0.5) is 5.69 Å². The van der Waals surface area contributed by atoms with Crippen LogP contribution in [-0.2, 0) is 12.0 Å². The summed E-state index contributed by atoms with van der Waals surface area (Å²) in [6, 6.07) is 12.2. The summed E-state index contributed by atoms with van der Waals surface area (Å²) in [7, 11) is 0. The van der Waals surface area contributed by atoms with Gasteiger partial charge in [0.05, 0.1) is 0 Å². The number of hydrogen-bond donors (Lipinski definition) is 1. The monoisotopic (exact) mass is 406 g/mol. The lowest BCUT2D eigenvalue weighted by atomic mass is 9.97. The van der Waals surface area contributed by atoms with Crippen LogP contribution < -0.4 is 10.1 Å². The molecule has 2 heterocycles. The Morgan fingerprint density at radius 3 is 2.53 bits per heavy atom. The molecule has 0 radical (unpaired) electrons. The molecule has 0 bridgehead atoms. The molecule has 0 atom stereocenters. The van der Waals surface area contributed by atoms with Gasteiger partial charge >= 0.3 is 0 Å². The summed E-state index contributed by atoms with van der Waals surface area (Å²) >= 11 is 0. The summed E-state index contributed by atoms with van der Waals surface area (Å²) in [6.07, 6.45) is 0. The molecular formula is C22H22N4O4. The zero-order chi connectivity index (χ0) is 21.3. The molecule has 8 nitrogen and oxygen atoms in total. The molecule has 0 aliphatic rings. The number of amides is 1. The number of oxazole rings is 1. The Kier molecular flexibility index (Phi) is 4.99. The van der Waals surface area contributed by atoms with Gasteiger partial charge in [0.15, 0.2) is 12.2 Å². The van der Waals surface area contributed by atoms with Gasteiger partial charge in [-0.15, -0.1) is 0 Å². The SMILES string of the molecule is Cc1nc(COc2ccc(C(=O)Nc3ccc4oc(C(C)(C)C)nc4c3)cc2)no1. The number of ether oxygens (including phenoxy) is 1. The second kappa shape index (κ2) is 7.62. The van der Waals surface area contributed by atoms with Crippen molar-refractivity contribution in [1.29, 1.82) is 0 Å². The number of aryl methyl sites for hydroxylation is 1. The summed E-state index contributed by atoms with van der Waals surface area (Å²) in [5.74, 6) is 1.99. The molecule has 0 aliphatic heterocycles. The molecule has 1 N–H and O–H groups in total. The van der Waals surface area contributed by atoms with Crippen LogP contribution in [0.25, 0.3) is 11.1 Å². The van der Waals surface area contributed by atoms with Gasteiger partial charge in [-0.25, -0.2) is 4.98 Å². The molecule has 2 aromatic heterocycles. The van der Waals surface area contributed by atoms with Crippen LogP contribution >= 0.6 is 0 Å². The predicted octanol–water partition coefficient (Wildman–Crippen LogP) is 4.65. The van der Waals surface area contributed by atoms with Crippen molar-refractivity contribution in [3.8, 4) is 5.75 Å². The van der Waals surface area contributed by atoms with Gasteiger partial charge in [-0.2, -0.15) is 4.98 Å². The number of benzene rings is 2. The molecule has 0 spiro atoms. The normalized spacial score (nSPS) is 11.6. The zero-order valence-corrected chi connectivity index (χ0v) is 17.2. The van der Waals surface area contributed by atoms with Crippen molar-refractivity contribution in [1.82, 2.24) is 15.1 Å². The van der Waals surface area contributed by atoms with Gasteiger partial charge in [-0.05, 0) is 42.5 Å². The summed E-state index contributed by atoms with van der Waals surface area (Å²) < 4.78 is 16.3. The topological polar surface area (TPSA) is 103 Å². The van der Waals surface area contributed by atoms with Gasteiger partial charge in [-0.3, -0.25) is 4.79 Å². The minimum absolute atomic E-state index is 0.186. The van der Waals surface area contributed by atoms with Crippen LogP contribution in [0.15, 0.2) is 51.4 Å². The van der Waals surface area contributed by atoms with Crippen molar-refractivity contribution < 1.29 is 18.5 Å². The largest absolute Gasteiger partial charge is 0.485 e. The molecule has 8 heteroatoms. The fourth-order valence-corrected chi connectivity index (χ4v) is 2.78. The summed E-state index contributed by atoms with van der Waals surface area (Å²) in [5, 5.41) is 6.66. The van der Waals surface area contributed by atoms with Crippen molar-refractivity contribution in [3.05, 3.63) is 65.6 Å². The third-order valence-corrected chi connectivity index (χ3v) is 4.34. The quantitative estimate of drug-likeness (QED) is 0.514. The predicted molar refractivity (Wildman–Crippen MR) is 110 cm³/mol. The maximum Gasteiger partial charge on any atom is 0.255 e. The van der Waals surface area contributed by atoms with Crippen molar-refractivity contribution in [3.63, 3.8) is 0 Å². The Labute approximate surface area is 173 Å². The molecular weight excluding hydrogens is 384 g/mol. The first-order valence-corrected chi connectivity index (χ1v) is 9.52. The summed E-state index contributed by atoms with van der Waals surface area (Å²) in [4.78, 5) is 21.2. The van der Waals surface area contributed by atoms with Gasteiger partial charge in [0.2, 0.25) is 17.6 Å². The Morgan fingerprint density at radius 1 is 1.10 bits per heavy atom. The van der Waals surface area contributed by atoms with Gasteiger partial charge < -0.3 is 19.0 Å². The first-order valence-electron chi connectivity index (χ1n) is 9.52. The molecule has 4 aromatic rings. The van der Waals surface area contributed by atoms with Gasteiger partial charge in [0, 0.05) is 23.6 Å². The smallest absolute Gasteiger partial charge is 0.255 e. The highest BCUT2D eigenvalue weighted by Crippen LogP contribution is 2.27. The molecule has 4 rings (SSSR count). The van der Waals surface area contributed by atoms with Crippen molar-refractivity contribution in [2.45, 2.75) is 39.7 Å². The lowest BCUT2D eigenvalue weighted by Crippen LogP contribution is -2.11. The number of rotatable bonds is 5. The van der Waals surface area contributed by atoms with Crippen molar-refractivity contribution in [2.24, 2.45) is 0 Å². The zero-order valence-electron chi connectivity index (χ0n) is 17.2. The lowest BCUT2D eigenvalue weighted by molar-refractivity contribution is 0.102. The molecule has 2 aromatic carbocycles. The minimum atomic E-state index is -0.228. The van der Waals surface area contributed by atoms with Crippen molar-refractivity contribution in [2.75, 3.05) is 5.32 Å². The Morgan fingerprint density at radius 2 is 1.87 bits per heavy atom. The average molecular weight is 406 g/mol. The van der Waals surface area contributed by atoms with E-state index in [2.05, 4.69) is 20.4 Å². The van der Waals surface area contributed by atoms with E-state index in [4.69, 9.17) is 13.7 Å². The molecule has 0 saturated carbocycles. The standard InChI is InChI=1S/C22H22N4O4/c1-13-23-19(26-30-13)12-28-16-8-5-14(6-9-16)20(27)24-15-7-10-18-17(11-15)25-21(29-18)22(2,3)4/h5-11H,12H2,1-4H3,(H,24,27). The molecule has 0 aliphatic carbocycles. The van der Waals surface area contributed by atoms with E-state index >= 15 is 0 Å². The summed E-state index contributed by atoms with van der Waals surface area (Å²) in [5.41, 5.74) is 2.37. The maximum absolute atomic E-state index is 12.6. The molecule has 0 saturated heterocycles. The Hall–Kier alpha value is -3.68. The maximum atomic E-state index is 12.6. The third-order valence-electron chi connectivity index (χ3n) is 4.34.